The Morgan fingerprint density at radius 3 is 1.93 bits per heavy atom. The van der Waals surface area contributed by atoms with Crippen LogP contribution in [0.15, 0.2) is 78.9 Å². The van der Waals surface area contributed by atoms with Crippen molar-refractivity contribution in [2.24, 2.45) is 0 Å². The predicted molar refractivity (Wildman–Crippen MR) is 139 cm³/mol. The third-order valence-electron chi connectivity index (χ3n) is 6.89. The molecule has 1 aliphatic heterocycles. The Kier molecular flexibility index (Phi) is 9.37. The fourth-order valence-corrected chi connectivity index (χ4v) is 4.66. The van der Waals surface area contributed by atoms with Gasteiger partial charge in [0.2, 0.25) is 5.91 Å². The van der Waals surface area contributed by atoms with Crippen LogP contribution in [0.4, 0.5) is 26.3 Å². The van der Waals surface area contributed by atoms with Crippen LogP contribution in [0.5, 0.6) is 0 Å². The van der Waals surface area contributed by atoms with Crippen LogP contribution in [0.25, 0.3) is 0 Å². The second-order valence-electron chi connectivity index (χ2n) is 9.76. The van der Waals surface area contributed by atoms with E-state index in [1.54, 1.807) is 4.90 Å². The summed E-state index contributed by atoms with van der Waals surface area (Å²) in [6, 6.07) is 17.6. The minimum atomic E-state index is -4.51. The number of carbonyl (C=O) groups is 2. The molecular formula is C30H28F6N2O3. The summed E-state index contributed by atoms with van der Waals surface area (Å²) in [5, 5.41) is 0. The van der Waals surface area contributed by atoms with Gasteiger partial charge in [-0.2, -0.15) is 26.3 Å². The van der Waals surface area contributed by atoms with Crippen LogP contribution in [0, 0.1) is 0 Å². The third kappa shape index (κ3) is 8.09. The van der Waals surface area contributed by atoms with Crippen molar-refractivity contribution in [1.82, 2.24) is 9.80 Å². The summed E-state index contributed by atoms with van der Waals surface area (Å²) in [5.74, 6) is -0.668. The van der Waals surface area contributed by atoms with Gasteiger partial charge in [0.05, 0.1) is 30.4 Å². The van der Waals surface area contributed by atoms with E-state index >= 15 is 0 Å². The molecule has 3 aromatic rings. The van der Waals surface area contributed by atoms with E-state index in [4.69, 9.17) is 4.74 Å². The highest BCUT2D eigenvalue weighted by molar-refractivity contribution is 5.94. The number of hydrogen-bond donors (Lipinski definition) is 0. The van der Waals surface area contributed by atoms with Gasteiger partial charge in [-0.3, -0.25) is 9.59 Å². The summed E-state index contributed by atoms with van der Waals surface area (Å²) < 4.78 is 83.1. The predicted octanol–water partition coefficient (Wildman–Crippen LogP) is 6.23. The Morgan fingerprint density at radius 2 is 1.34 bits per heavy atom. The van der Waals surface area contributed by atoms with Gasteiger partial charge in [0, 0.05) is 31.6 Å². The van der Waals surface area contributed by atoms with Crippen LogP contribution >= 0.6 is 0 Å². The standard InChI is InChI=1S/C30H28F6N2O3/c31-29(32,33)24-10-6-22(7-11-24)19-41-20-26(18-21-4-2-1-3-5-21)38-17-16-37(15-14-27(38)39)28(40)23-8-12-25(13-9-23)30(34,35)36/h1-13,26H,14-20H2. The molecule has 1 aliphatic rings. The molecule has 0 N–H and O–H groups in total. The van der Waals surface area contributed by atoms with Crippen LogP contribution in [-0.4, -0.2) is 53.9 Å². The molecule has 1 unspecified atom stereocenters. The highest BCUT2D eigenvalue weighted by Crippen LogP contribution is 2.30. The molecule has 0 spiro atoms. The molecule has 41 heavy (non-hydrogen) atoms. The topological polar surface area (TPSA) is 49.9 Å². The van der Waals surface area contributed by atoms with Crippen molar-refractivity contribution in [3.8, 4) is 0 Å². The Labute approximate surface area is 233 Å². The highest BCUT2D eigenvalue weighted by atomic mass is 19.4. The maximum atomic E-state index is 13.2. The van der Waals surface area contributed by atoms with E-state index in [0.29, 0.717) is 12.0 Å². The number of ether oxygens (including phenoxy) is 1. The molecule has 0 radical (unpaired) electrons. The van der Waals surface area contributed by atoms with Gasteiger partial charge in [-0.15, -0.1) is 0 Å². The molecule has 0 bridgehead atoms. The highest BCUT2D eigenvalue weighted by Gasteiger charge is 2.32. The summed E-state index contributed by atoms with van der Waals surface area (Å²) in [4.78, 5) is 29.3. The Morgan fingerprint density at radius 1 is 0.756 bits per heavy atom. The largest absolute Gasteiger partial charge is 0.416 e. The second-order valence-corrected chi connectivity index (χ2v) is 9.76. The van der Waals surface area contributed by atoms with Gasteiger partial charge < -0.3 is 14.5 Å². The molecule has 5 nitrogen and oxygen atoms in total. The quantitative estimate of drug-likeness (QED) is 0.298. The molecule has 4 rings (SSSR count). The van der Waals surface area contributed by atoms with Crippen LogP contribution < -0.4 is 0 Å². The summed E-state index contributed by atoms with van der Waals surface area (Å²) >= 11 is 0. The fourth-order valence-electron chi connectivity index (χ4n) is 4.66. The maximum Gasteiger partial charge on any atom is 0.416 e. The minimum Gasteiger partial charge on any atom is -0.375 e. The summed E-state index contributed by atoms with van der Waals surface area (Å²) in [6.07, 6.45) is -8.47. The van der Waals surface area contributed by atoms with Crippen LogP contribution in [-0.2, 0) is 34.9 Å². The first kappa shape index (κ1) is 30.1. The zero-order valence-corrected chi connectivity index (χ0v) is 21.9. The van der Waals surface area contributed by atoms with E-state index in [-0.39, 0.29) is 50.7 Å². The molecule has 1 heterocycles. The van der Waals surface area contributed by atoms with Crippen LogP contribution in [0.1, 0.15) is 39.0 Å². The SMILES string of the molecule is O=C(c1ccc(C(F)(F)F)cc1)N1CCC(=O)N(C(COCc2ccc(C(F)(F)F)cc2)Cc2ccccc2)CC1. The van der Waals surface area contributed by atoms with Gasteiger partial charge in [0.1, 0.15) is 0 Å². The Bertz CT molecular complexity index is 1310. The normalized spacial score (nSPS) is 15.5. The summed E-state index contributed by atoms with van der Waals surface area (Å²) in [7, 11) is 0. The molecule has 0 aromatic heterocycles. The van der Waals surface area contributed by atoms with Gasteiger partial charge in [-0.1, -0.05) is 42.5 Å². The van der Waals surface area contributed by atoms with E-state index in [2.05, 4.69) is 0 Å². The number of halogens is 6. The number of alkyl halides is 6. The zero-order chi connectivity index (χ0) is 29.6. The van der Waals surface area contributed by atoms with Gasteiger partial charge in [0.25, 0.3) is 5.91 Å². The van der Waals surface area contributed by atoms with Crippen LogP contribution in [0.2, 0.25) is 0 Å². The van der Waals surface area contributed by atoms with Crippen molar-refractivity contribution < 1.29 is 40.7 Å². The lowest BCUT2D eigenvalue weighted by molar-refractivity contribution is -0.138. The number of nitrogens with zero attached hydrogens (tertiary/aromatic N) is 2. The lowest BCUT2D eigenvalue weighted by Gasteiger charge is -2.31. The zero-order valence-electron chi connectivity index (χ0n) is 21.9. The van der Waals surface area contributed by atoms with Crippen molar-refractivity contribution >= 4 is 11.8 Å². The van der Waals surface area contributed by atoms with E-state index in [1.807, 2.05) is 30.3 Å². The second kappa shape index (κ2) is 12.8. The lowest BCUT2D eigenvalue weighted by atomic mass is 10.0. The molecule has 1 atom stereocenters. The number of amides is 2. The first-order valence-electron chi connectivity index (χ1n) is 13.0. The lowest BCUT2D eigenvalue weighted by Crippen LogP contribution is -2.45. The van der Waals surface area contributed by atoms with E-state index in [9.17, 15) is 35.9 Å². The molecule has 1 fully saturated rings. The smallest absolute Gasteiger partial charge is 0.375 e. The number of hydrogen-bond acceptors (Lipinski definition) is 3. The Balaban J connectivity index is 1.43. The van der Waals surface area contributed by atoms with E-state index < -0.39 is 35.4 Å². The third-order valence-corrected chi connectivity index (χ3v) is 6.89. The molecule has 11 heteroatoms. The van der Waals surface area contributed by atoms with Gasteiger partial charge in [-0.05, 0) is 53.9 Å². The van der Waals surface area contributed by atoms with Crippen molar-refractivity contribution in [1.29, 1.82) is 0 Å². The van der Waals surface area contributed by atoms with Crippen molar-refractivity contribution in [3.63, 3.8) is 0 Å². The van der Waals surface area contributed by atoms with Gasteiger partial charge in [0.15, 0.2) is 0 Å². The first-order chi connectivity index (χ1) is 19.4. The average Bonchev–Trinajstić information content (AvgIpc) is 3.13. The molecule has 0 saturated carbocycles. The van der Waals surface area contributed by atoms with Crippen molar-refractivity contribution in [3.05, 3.63) is 107 Å². The number of rotatable bonds is 8. The molecule has 1 saturated heterocycles. The monoisotopic (exact) mass is 578 g/mol. The average molecular weight is 579 g/mol. The number of carbonyl (C=O) groups excluding carboxylic acids is 2. The Hall–Kier alpha value is -3.86. The minimum absolute atomic E-state index is 0.0244. The summed E-state index contributed by atoms with van der Waals surface area (Å²) in [5.41, 5.74) is -0.0166. The molecule has 0 aliphatic carbocycles. The molecule has 2 amide bonds. The fraction of sp³-hybridized carbons (Fsp3) is 0.333. The molecule has 3 aromatic carbocycles. The van der Waals surface area contributed by atoms with Gasteiger partial charge >= 0.3 is 12.4 Å². The number of benzene rings is 3. The van der Waals surface area contributed by atoms with Gasteiger partial charge in [-0.25, -0.2) is 0 Å². The van der Waals surface area contributed by atoms with E-state index in [0.717, 1.165) is 42.0 Å². The van der Waals surface area contributed by atoms with Crippen molar-refractivity contribution in [2.45, 2.75) is 37.8 Å². The maximum absolute atomic E-state index is 13.2. The van der Waals surface area contributed by atoms with E-state index in [1.165, 1.54) is 17.0 Å². The molecule has 218 valence electrons. The summed E-state index contributed by atoms with van der Waals surface area (Å²) in [6.45, 7) is 0.625. The molecular weight excluding hydrogens is 550 g/mol. The van der Waals surface area contributed by atoms with Crippen molar-refractivity contribution in [2.75, 3.05) is 26.2 Å². The first-order valence-corrected chi connectivity index (χ1v) is 13.0. The van der Waals surface area contributed by atoms with Crippen LogP contribution in [0.3, 0.4) is 0 Å².